The zero-order chi connectivity index (χ0) is 16.7. The highest BCUT2D eigenvalue weighted by atomic mass is 79.9. The number of hydrogen-bond donors (Lipinski definition) is 3. The van der Waals surface area contributed by atoms with Crippen molar-refractivity contribution in [2.75, 3.05) is 11.9 Å². The number of aromatic nitrogens is 1. The lowest BCUT2D eigenvalue weighted by molar-refractivity contribution is 0.452. The lowest BCUT2D eigenvalue weighted by Crippen LogP contribution is -2.08. The molecule has 2 heterocycles. The van der Waals surface area contributed by atoms with Crippen LogP contribution >= 0.6 is 15.9 Å². The van der Waals surface area contributed by atoms with Crippen LogP contribution in [0.4, 0.5) is 11.4 Å². The van der Waals surface area contributed by atoms with Crippen LogP contribution in [0.25, 0.3) is 10.8 Å². The van der Waals surface area contributed by atoms with Crippen molar-refractivity contribution >= 4 is 44.3 Å². The molecule has 5 nitrogen and oxygen atoms in total. The molecule has 3 aromatic rings. The largest absolute Gasteiger partial charge is 0.494 e. The van der Waals surface area contributed by atoms with E-state index in [1.807, 2.05) is 18.2 Å². The summed E-state index contributed by atoms with van der Waals surface area (Å²) in [4.78, 5) is 18.9. The second-order valence-corrected chi connectivity index (χ2v) is 6.60. The van der Waals surface area contributed by atoms with Crippen molar-refractivity contribution in [3.8, 4) is 5.88 Å². The molecule has 0 amide bonds. The summed E-state index contributed by atoms with van der Waals surface area (Å²) in [5.41, 5.74) is 3.37. The third-order valence-electron chi connectivity index (χ3n) is 4.14. The molecule has 0 bridgehead atoms. The van der Waals surface area contributed by atoms with Crippen molar-refractivity contribution in [3.63, 3.8) is 0 Å². The molecule has 4 rings (SSSR count). The van der Waals surface area contributed by atoms with E-state index in [9.17, 15) is 9.90 Å². The third-order valence-corrected chi connectivity index (χ3v) is 4.64. The summed E-state index contributed by atoms with van der Waals surface area (Å²) in [6, 6.07) is 11.3. The fourth-order valence-electron chi connectivity index (χ4n) is 2.95. The molecule has 0 atom stereocenters. The van der Waals surface area contributed by atoms with Gasteiger partial charge in [0.2, 0.25) is 5.88 Å². The van der Waals surface area contributed by atoms with Crippen LogP contribution in [0, 0.1) is 0 Å². The Hall–Kier alpha value is -2.60. The molecule has 0 aliphatic carbocycles. The van der Waals surface area contributed by atoms with E-state index < -0.39 is 0 Å². The first kappa shape index (κ1) is 15.0. The standard InChI is InChI=1S/C18H14BrN3O2/c19-11-1-3-13-14(8-11)15(18(24)22-17(13)23)9-21-12-2-4-16-10(7-12)5-6-20-16/h1-4,7-9,20H,5-6H2,(H2,22,23,24). The molecule has 1 aliphatic heterocycles. The van der Waals surface area contributed by atoms with Gasteiger partial charge in [-0.3, -0.25) is 14.8 Å². The zero-order valence-corrected chi connectivity index (χ0v) is 14.2. The summed E-state index contributed by atoms with van der Waals surface area (Å²) in [5.74, 6) is -0.183. The minimum absolute atomic E-state index is 0.183. The SMILES string of the molecule is O=c1[nH]c(O)c(C=Nc2ccc3c(c2)CCN3)c2cc(Br)ccc12. The van der Waals surface area contributed by atoms with Gasteiger partial charge in [0.1, 0.15) is 0 Å². The number of pyridine rings is 1. The van der Waals surface area contributed by atoms with Crippen LogP contribution in [0.1, 0.15) is 11.1 Å². The monoisotopic (exact) mass is 383 g/mol. The van der Waals surface area contributed by atoms with Crippen LogP contribution in [-0.2, 0) is 6.42 Å². The topological polar surface area (TPSA) is 77.5 Å². The van der Waals surface area contributed by atoms with Gasteiger partial charge in [-0.1, -0.05) is 15.9 Å². The van der Waals surface area contributed by atoms with Gasteiger partial charge in [-0.05, 0) is 48.4 Å². The normalized spacial score (nSPS) is 13.4. The number of aliphatic imine (C=N–C) groups is 1. The first-order chi connectivity index (χ1) is 11.6. The van der Waals surface area contributed by atoms with E-state index in [4.69, 9.17) is 0 Å². The van der Waals surface area contributed by atoms with Gasteiger partial charge in [-0.2, -0.15) is 0 Å². The lowest BCUT2D eigenvalue weighted by atomic mass is 10.1. The summed E-state index contributed by atoms with van der Waals surface area (Å²) in [7, 11) is 0. The summed E-state index contributed by atoms with van der Waals surface area (Å²) in [5, 5.41) is 14.6. The van der Waals surface area contributed by atoms with Gasteiger partial charge in [0.15, 0.2) is 0 Å². The Bertz CT molecular complexity index is 1040. The maximum atomic E-state index is 12.0. The Morgan fingerprint density at radius 2 is 2.04 bits per heavy atom. The molecule has 0 spiro atoms. The van der Waals surface area contributed by atoms with Crippen molar-refractivity contribution in [1.82, 2.24) is 4.98 Å². The van der Waals surface area contributed by atoms with E-state index in [0.717, 1.165) is 28.8 Å². The Kier molecular flexibility index (Phi) is 3.61. The van der Waals surface area contributed by atoms with Gasteiger partial charge < -0.3 is 10.4 Å². The van der Waals surface area contributed by atoms with Crippen LogP contribution in [-0.4, -0.2) is 22.8 Å². The number of halogens is 1. The Labute approximate surface area is 146 Å². The minimum Gasteiger partial charge on any atom is -0.494 e. The molecule has 6 heteroatoms. The second kappa shape index (κ2) is 5.79. The highest BCUT2D eigenvalue weighted by molar-refractivity contribution is 9.10. The number of benzene rings is 2. The zero-order valence-electron chi connectivity index (χ0n) is 12.6. The highest BCUT2D eigenvalue weighted by Gasteiger charge is 2.11. The average Bonchev–Trinajstić information content (AvgIpc) is 3.02. The van der Waals surface area contributed by atoms with Crippen LogP contribution in [0.5, 0.6) is 5.88 Å². The summed E-state index contributed by atoms with van der Waals surface area (Å²) < 4.78 is 0.832. The van der Waals surface area contributed by atoms with E-state index in [1.54, 1.807) is 24.4 Å². The number of rotatable bonds is 2. The third kappa shape index (κ3) is 2.59. The van der Waals surface area contributed by atoms with Gasteiger partial charge in [0, 0.05) is 33.7 Å². The van der Waals surface area contributed by atoms with Crippen LogP contribution in [0.3, 0.4) is 0 Å². The number of aromatic amines is 1. The summed E-state index contributed by atoms with van der Waals surface area (Å²) in [6.07, 6.45) is 2.57. The lowest BCUT2D eigenvalue weighted by Gasteiger charge is -2.05. The van der Waals surface area contributed by atoms with Crippen molar-refractivity contribution in [2.24, 2.45) is 4.99 Å². The molecule has 0 saturated carbocycles. The highest BCUT2D eigenvalue weighted by Crippen LogP contribution is 2.28. The van der Waals surface area contributed by atoms with Gasteiger partial charge >= 0.3 is 0 Å². The molecule has 3 N–H and O–H groups in total. The van der Waals surface area contributed by atoms with Crippen molar-refractivity contribution in [1.29, 1.82) is 0 Å². The van der Waals surface area contributed by atoms with Crippen LogP contribution in [0.2, 0.25) is 0 Å². The number of H-pyrrole nitrogens is 1. The van der Waals surface area contributed by atoms with Gasteiger partial charge in [-0.15, -0.1) is 0 Å². The van der Waals surface area contributed by atoms with E-state index in [2.05, 4.69) is 31.2 Å². The van der Waals surface area contributed by atoms with Gasteiger partial charge in [0.05, 0.1) is 11.3 Å². The number of nitrogens with zero attached hydrogens (tertiary/aromatic N) is 1. The smallest absolute Gasteiger partial charge is 0.258 e. The first-order valence-corrected chi connectivity index (χ1v) is 8.36. The predicted molar refractivity (Wildman–Crippen MR) is 99.8 cm³/mol. The summed E-state index contributed by atoms with van der Waals surface area (Å²) >= 11 is 3.40. The quantitative estimate of drug-likeness (QED) is 0.590. The van der Waals surface area contributed by atoms with E-state index >= 15 is 0 Å². The molecule has 0 saturated heterocycles. The van der Waals surface area contributed by atoms with Crippen molar-refractivity contribution in [2.45, 2.75) is 6.42 Å². The minimum atomic E-state index is -0.323. The predicted octanol–water partition coefficient (Wildman–Crippen LogP) is 3.71. The molecule has 0 radical (unpaired) electrons. The number of nitrogens with one attached hydrogen (secondary N) is 2. The molecular formula is C18H14BrN3O2. The number of aromatic hydroxyl groups is 1. The molecule has 0 fully saturated rings. The molecule has 1 aromatic heterocycles. The Balaban J connectivity index is 1.82. The molecule has 1 aliphatic rings. The fraction of sp³-hybridized carbons (Fsp3) is 0.111. The van der Waals surface area contributed by atoms with Crippen LogP contribution < -0.4 is 10.9 Å². The maximum Gasteiger partial charge on any atom is 0.258 e. The molecule has 24 heavy (non-hydrogen) atoms. The fourth-order valence-corrected chi connectivity index (χ4v) is 3.31. The second-order valence-electron chi connectivity index (χ2n) is 5.68. The van der Waals surface area contributed by atoms with Crippen molar-refractivity contribution < 1.29 is 5.11 Å². The average molecular weight is 384 g/mol. The van der Waals surface area contributed by atoms with E-state index in [0.29, 0.717) is 16.3 Å². The number of fused-ring (bicyclic) bond motifs is 2. The van der Waals surface area contributed by atoms with Gasteiger partial charge in [0.25, 0.3) is 5.56 Å². The van der Waals surface area contributed by atoms with Crippen LogP contribution in [0.15, 0.2) is 50.7 Å². The van der Waals surface area contributed by atoms with E-state index in [-0.39, 0.29) is 11.4 Å². The number of anilines is 1. The summed E-state index contributed by atoms with van der Waals surface area (Å²) in [6.45, 7) is 0.946. The van der Waals surface area contributed by atoms with Gasteiger partial charge in [-0.25, -0.2) is 0 Å². The first-order valence-electron chi connectivity index (χ1n) is 7.57. The van der Waals surface area contributed by atoms with Crippen molar-refractivity contribution in [3.05, 3.63) is 62.4 Å². The molecular weight excluding hydrogens is 370 g/mol. The molecule has 120 valence electrons. The Morgan fingerprint density at radius 3 is 2.92 bits per heavy atom. The van der Waals surface area contributed by atoms with E-state index in [1.165, 1.54) is 5.56 Å². The number of hydrogen-bond acceptors (Lipinski definition) is 4. The molecule has 2 aromatic carbocycles. The maximum absolute atomic E-state index is 12.0. The Morgan fingerprint density at radius 1 is 1.17 bits per heavy atom. The molecule has 0 unspecified atom stereocenters.